The Morgan fingerprint density at radius 1 is 1.11 bits per heavy atom. The van der Waals surface area contributed by atoms with E-state index in [0.29, 0.717) is 11.5 Å². The molecule has 0 aliphatic rings. The van der Waals surface area contributed by atoms with Crippen molar-refractivity contribution < 1.29 is 24.1 Å². The van der Waals surface area contributed by atoms with E-state index in [1.165, 1.54) is 27.4 Å². The number of phenols is 1. The monoisotopic (exact) mass is 264 g/mol. The molecule has 1 rings (SSSR count). The minimum Gasteiger partial charge on any atom is -0.502 e. The van der Waals surface area contributed by atoms with Gasteiger partial charge in [0.05, 0.1) is 21.3 Å². The number of allylic oxidation sites excluding steroid dienone is 2. The third kappa shape index (κ3) is 4.06. The van der Waals surface area contributed by atoms with Gasteiger partial charge in [-0.25, -0.2) is 4.79 Å². The second-order valence-electron chi connectivity index (χ2n) is 3.52. The number of carbonyl (C=O) groups excluding carboxylic acids is 1. The van der Waals surface area contributed by atoms with E-state index in [-0.39, 0.29) is 5.75 Å². The largest absolute Gasteiger partial charge is 0.502 e. The minimum atomic E-state index is -0.425. The highest BCUT2D eigenvalue weighted by Crippen LogP contribution is 2.37. The molecule has 0 aliphatic heterocycles. The van der Waals surface area contributed by atoms with E-state index in [1.54, 1.807) is 30.4 Å². The van der Waals surface area contributed by atoms with Crippen LogP contribution in [0.4, 0.5) is 0 Å². The summed E-state index contributed by atoms with van der Waals surface area (Å²) in [5.41, 5.74) is 0.765. The van der Waals surface area contributed by atoms with Crippen LogP contribution in [0.3, 0.4) is 0 Å². The average molecular weight is 264 g/mol. The number of hydrogen-bond donors (Lipinski definition) is 1. The summed E-state index contributed by atoms with van der Waals surface area (Å²) in [5, 5.41) is 9.74. The Bertz CT molecular complexity index is 478. The van der Waals surface area contributed by atoms with Crippen LogP contribution in [0, 0.1) is 0 Å². The topological polar surface area (TPSA) is 65.0 Å². The molecule has 0 spiro atoms. The molecule has 5 heteroatoms. The highest BCUT2D eigenvalue weighted by Gasteiger charge is 2.09. The molecule has 102 valence electrons. The normalized spacial score (nSPS) is 10.9. The van der Waals surface area contributed by atoms with Crippen molar-refractivity contribution in [3.05, 3.63) is 35.9 Å². The van der Waals surface area contributed by atoms with Crippen molar-refractivity contribution in [1.29, 1.82) is 0 Å². The molecule has 0 unspecified atom stereocenters. The van der Waals surface area contributed by atoms with Crippen molar-refractivity contribution in [1.82, 2.24) is 0 Å². The lowest BCUT2D eigenvalue weighted by atomic mass is 10.1. The van der Waals surface area contributed by atoms with E-state index in [4.69, 9.17) is 9.47 Å². The number of carbonyl (C=O) groups is 1. The number of benzene rings is 1. The van der Waals surface area contributed by atoms with Gasteiger partial charge in [-0.1, -0.05) is 18.2 Å². The third-order valence-electron chi connectivity index (χ3n) is 2.34. The molecule has 5 nitrogen and oxygen atoms in total. The molecular formula is C14H16O5. The van der Waals surface area contributed by atoms with Gasteiger partial charge in [0.1, 0.15) is 0 Å². The predicted molar refractivity (Wildman–Crippen MR) is 71.4 cm³/mol. The van der Waals surface area contributed by atoms with Gasteiger partial charge in [0.15, 0.2) is 11.5 Å². The Labute approximate surface area is 111 Å². The molecule has 1 aromatic carbocycles. The van der Waals surface area contributed by atoms with Gasteiger partial charge in [0.2, 0.25) is 5.75 Å². The Morgan fingerprint density at radius 2 is 1.68 bits per heavy atom. The highest BCUT2D eigenvalue weighted by atomic mass is 16.5. The molecule has 1 N–H and O–H groups in total. The summed E-state index contributed by atoms with van der Waals surface area (Å²) in [6, 6.07) is 3.31. The van der Waals surface area contributed by atoms with Crippen LogP contribution in [0.2, 0.25) is 0 Å². The lowest BCUT2D eigenvalue weighted by molar-refractivity contribution is -0.134. The maximum atomic E-state index is 10.9. The first kappa shape index (κ1) is 14.6. The summed E-state index contributed by atoms with van der Waals surface area (Å²) in [5.74, 6) is 0.157. The van der Waals surface area contributed by atoms with E-state index in [0.717, 1.165) is 5.56 Å². The van der Waals surface area contributed by atoms with Crippen LogP contribution >= 0.6 is 0 Å². The Hall–Kier alpha value is -2.43. The molecule has 0 aliphatic carbocycles. The second-order valence-corrected chi connectivity index (χ2v) is 3.52. The van der Waals surface area contributed by atoms with Crippen molar-refractivity contribution >= 4 is 12.0 Å². The maximum Gasteiger partial charge on any atom is 0.330 e. The van der Waals surface area contributed by atoms with Gasteiger partial charge in [-0.2, -0.15) is 0 Å². The Balaban J connectivity index is 2.92. The van der Waals surface area contributed by atoms with Crippen molar-refractivity contribution in [2.24, 2.45) is 0 Å². The van der Waals surface area contributed by atoms with Gasteiger partial charge in [-0.05, 0) is 17.7 Å². The van der Waals surface area contributed by atoms with Gasteiger partial charge >= 0.3 is 5.97 Å². The summed E-state index contributed by atoms with van der Waals surface area (Å²) in [7, 11) is 4.23. The van der Waals surface area contributed by atoms with Crippen LogP contribution in [0.15, 0.2) is 30.4 Å². The predicted octanol–water partition coefficient (Wildman–Crippen LogP) is 2.15. The van der Waals surface area contributed by atoms with E-state index < -0.39 is 5.97 Å². The van der Waals surface area contributed by atoms with Gasteiger partial charge < -0.3 is 19.3 Å². The molecule has 19 heavy (non-hydrogen) atoms. The molecule has 0 fully saturated rings. The van der Waals surface area contributed by atoms with Gasteiger partial charge in [0, 0.05) is 6.08 Å². The zero-order chi connectivity index (χ0) is 14.3. The first-order valence-corrected chi connectivity index (χ1v) is 5.50. The second kappa shape index (κ2) is 7.10. The summed E-state index contributed by atoms with van der Waals surface area (Å²) in [6.07, 6.45) is 6.26. The van der Waals surface area contributed by atoms with Crippen LogP contribution < -0.4 is 9.47 Å². The molecule has 0 amide bonds. The van der Waals surface area contributed by atoms with Crippen molar-refractivity contribution in [2.75, 3.05) is 21.3 Å². The fourth-order valence-corrected chi connectivity index (χ4v) is 1.38. The van der Waals surface area contributed by atoms with E-state index in [2.05, 4.69) is 4.74 Å². The standard InChI is InChI=1S/C14H16O5/c1-17-11-8-10(9-12(18-2)14(11)16)6-4-5-7-13(15)19-3/h4-9,16H,1-3H3/b6-4+,7-5+. The van der Waals surface area contributed by atoms with Crippen molar-refractivity contribution in [3.63, 3.8) is 0 Å². The molecule has 0 saturated carbocycles. The Kier molecular flexibility index (Phi) is 5.47. The lowest BCUT2D eigenvalue weighted by Crippen LogP contribution is -1.92. The number of methoxy groups -OCH3 is 3. The summed E-state index contributed by atoms with van der Waals surface area (Å²) < 4.78 is 14.5. The summed E-state index contributed by atoms with van der Waals surface area (Å²) in [6.45, 7) is 0. The number of hydrogen-bond acceptors (Lipinski definition) is 5. The summed E-state index contributed by atoms with van der Waals surface area (Å²) in [4.78, 5) is 10.9. The number of aromatic hydroxyl groups is 1. The summed E-state index contributed by atoms with van der Waals surface area (Å²) >= 11 is 0. The lowest BCUT2D eigenvalue weighted by Gasteiger charge is -2.09. The van der Waals surface area contributed by atoms with E-state index in [1.807, 2.05) is 0 Å². The van der Waals surface area contributed by atoms with E-state index in [9.17, 15) is 9.90 Å². The number of rotatable bonds is 5. The van der Waals surface area contributed by atoms with Crippen LogP contribution in [0.5, 0.6) is 17.2 Å². The first-order chi connectivity index (χ1) is 9.12. The van der Waals surface area contributed by atoms with Crippen LogP contribution in [-0.4, -0.2) is 32.4 Å². The fourth-order valence-electron chi connectivity index (χ4n) is 1.38. The molecule has 0 aromatic heterocycles. The van der Waals surface area contributed by atoms with E-state index >= 15 is 0 Å². The SMILES string of the molecule is COC(=O)/C=C/C=C/c1cc(OC)c(O)c(OC)c1. The van der Waals surface area contributed by atoms with Crippen LogP contribution in [-0.2, 0) is 9.53 Å². The fraction of sp³-hybridized carbons (Fsp3) is 0.214. The quantitative estimate of drug-likeness (QED) is 0.501. The Morgan fingerprint density at radius 3 is 2.16 bits per heavy atom. The maximum absolute atomic E-state index is 10.9. The molecule has 0 atom stereocenters. The van der Waals surface area contributed by atoms with Gasteiger partial charge in [0.25, 0.3) is 0 Å². The number of esters is 1. The number of ether oxygens (including phenoxy) is 3. The molecule has 0 heterocycles. The highest BCUT2D eigenvalue weighted by molar-refractivity contribution is 5.82. The third-order valence-corrected chi connectivity index (χ3v) is 2.34. The van der Waals surface area contributed by atoms with Gasteiger partial charge in [-0.15, -0.1) is 0 Å². The van der Waals surface area contributed by atoms with Crippen molar-refractivity contribution in [2.45, 2.75) is 0 Å². The van der Waals surface area contributed by atoms with Gasteiger partial charge in [-0.3, -0.25) is 0 Å². The van der Waals surface area contributed by atoms with Crippen molar-refractivity contribution in [3.8, 4) is 17.2 Å². The molecular weight excluding hydrogens is 248 g/mol. The smallest absolute Gasteiger partial charge is 0.330 e. The molecule has 0 saturated heterocycles. The first-order valence-electron chi connectivity index (χ1n) is 5.50. The molecule has 0 bridgehead atoms. The zero-order valence-corrected chi connectivity index (χ0v) is 11.0. The minimum absolute atomic E-state index is 0.0488. The zero-order valence-electron chi connectivity index (χ0n) is 11.0. The molecule has 1 aromatic rings. The average Bonchev–Trinajstić information content (AvgIpc) is 2.44. The molecule has 0 radical (unpaired) electrons. The number of phenolic OH excluding ortho intramolecular Hbond substituents is 1. The van der Waals surface area contributed by atoms with Crippen LogP contribution in [0.1, 0.15) is 5.56 Å². The van der Waals surface area contributed by atoms with Crippen LogP contribution in [0.25, 0.3) is 6.08 Å².